The molecule has 1 aromatic heterocycles. The first-order valence-electron chi connectivity index (χ1n) is 10.4. The fourth-order valence-corrected chi connectivity index (χ4v) is 5.39. The van der Waals surface area contributed by atoms with Crippen LogP contribution in [0.5, 0.6) is 0 Å². The molecule has 2 heterocycles. The topological polar surface area (TPSA) is 93.5 Å². The minimum atomic E-state index is -3.85. The van der Waals surface area contributed by atoms with Crippen molar-refractivity contribution in [3.8, 4) is 0 Å². The highest BCUT2D eigenvalue weighted by Crippen LogP contribution is 2.27. The molecule has 0 N–H and O–H groups in total. The van der Waals surface area contributed by atoms with Crippen LogP contribution in [0.15, 0.2) is 96.0 Å². The molecule has 0 atom stereocenters. The Morgan fingerprint density at radius 1 is 0.794 bits per heavy atom. The molecule has 0 aliphatic carbocycles. The minimum Gasteiger partial charge on any atom is -0.293 e. The van der Waals surface area contributed by atoms with Gasteiger partial charge in [-0.1, -0.05) is 48.5 Å². The summed E-state index contributed by atoms with van der Waals surface area (Å²) in [6.45, 7) is -0.399. The summed E-state index contributed by atoms with van der Waals surface area (Å²) in [6, 6.07) is 21.5. The van der Waals surface area contributed by atoms with Crippen molar-refractivity contribution in [3.63, 3.8) is 0 Å². The molecule has 168 valence electrons. The predicted octanol–water partition coefficient (Wildman–Crippen LogP) is 3.76. The number of aromatic nitrogens is 1. The molecule has 0 fully saturated rings. The number of ketones is 1. The third-order valence-electron chi connectivity index (χ3n) is 5.65. The van der Waals surface area contributed by atoms with Crippen molar-refractivity contribution in [1.82, 2.24) is 8.87 Å². The van der Waals surface area contributed by atoms with Crippen LogP contribution in [0.2, 0.25) is 0 Å². The number of carbonyl (C=O) groups excluding carboxylic acids is 3. The molecule has 4 aromatic rings. The van der Waals surface area contributed by atoms with Gasteiger partial charge in [-0.05, 0) is 42.5 Å². The van der Waals surface area contributed by atoms with Crippen molar-refractivity contribution < 1.29 is 22.8 Å². The molecular formula is C26H18N2O5S. The number of fused-ring (bicyclic) bond motifs is 2. The van der Waals surface area contributed by atoms with E-state index in [1.54, 1.807) is 66.7 Å². The third-order valence-corrected chi connectivity index (χ3v) is 7.34. The highest BCUT2D eigenvalue weighted by Gasteiger charge is 2.35. The number of rotatable bonds is 6. The van der Waals surface area contributed by atoms with Gasteiger partial charge >= 0.3 is 0 Å². The SMILES string of the molecule is O=C(/C=C/c1cn(S(=O)(=O)c2ccccc2)c2ccccc12)CN1C(=O)c2ccccc2C1=O. The van der Waals surface area contributed by atoms with Gasteiger partial charge in [0, 0.05) is 17.1 Å². The van der Waals surface area contributed by atoms with E-state index in [9.17, 15) is 22.8 Å². The largest absolute Gasteiger partial charge is 0.293 e. The van der Waals surface area contributed by atoms with Gasteiger partial charge in [-0.2, -0.15) is 0 Å². The monoisotopic (exact) mass is 470 g/mol. The molecular weight excluding hydrogens is 452 g/mol. The first-order chi connectivity index (χ1) is 16.4. The summed E-state index contributed by atoms with van der Waals surface area (Å²) in [5.74, 6) is -1.47. The quantitative estimate of drug-likeness (QED) is 0.316. The van der Waals surface area contributed by atoms with Crippen LogP contribution in [-0.4, -0.2) is 41.4 Å². The normalized spacial score (nSPS) is 13.7. The van der Waals surface area contributed by atoms with Gasteiger partial charge in [0.05, 0.1) is 28.1 Å². The first kappa shape index (κ1) is 21.5. The number of hydrogen-bond acceptors (Lipinski definition) is 5. The average Bonchev–Trinajstić information content (AvgIpc) is 3.35. The Morgan fingerprint density at radius 3 is 2.06 bits per heavy atom. The standard InChI is InChI=1S/C26H18N2O5S/c29-19(17-27-25(30)22-11-4-5-12-23(22)26(27)31)15-14-18-16-28(24-13-7-6-10-21(18)24)34(32,33)20-8-2-1-3-9-20/h1-16H,17H2/b15-14+. The van der Waals surface area contributed by atoms with Crippen molar-refractivity contribution >= 4 is 44.6 Å². The van der Waals surface area contributed by atoms with Crippen LogP contribution in [0, 0.1) is 0 Å². The second kappa shape index (κ2) is 8.24. The smallest absolute Gasteiger partial charge is 0.268 e. The zero-order valence-electron chi connectivity index (χ0n) is 17.8. The van der Waals surface area contributed by atoms with Gasteiger partial charge in [0.15, 0.2) is 5.78 Å². The molecule has 5 rings (SSSR count). The summed E-state index contributed by atoms with van der Waals surface area (Å²) in [4.78, 5) is 38.7. The third kappa shape index (κ3) is 3.54. The molecule has 0 unspecified atom stereocenters. The first-order valence-corrected chi connectivity index (χ1v) is 11.9. The summed E-state index contributed by atoms with van der Waals surface area (Å²) in [5.41, 5.74) is 1.54. The van der Waals surface area contributed by atoms with Crippen LogP contribution in [0.4, 0.5) is 0 Å². The number of carbonyl (C=O) groups is 3. The van der Waals surface area contributed by atoms with Crippen LogP contribution in [0.3, 0.4) is 0 Å². The summed E-state index contributed by atoms with van der Waals surface area (Å²) in [6.07, 6.45) is 4.21. The second-order valence-electron chi connectivity index (χ2n) is 7.76. The number of amides is 2. The van der Waals surface area contributed by atoms with E-state index >= 15 is 0 Å². The van der Waals surface area contributed by atoms with Gasteiger partial charge in [-0.3, -0.25) is 19.3 Å². The maximum Gasteiger partial charge on any atom is 0.268 e. The minimum absolute atomic E-state index is 0.146. The van der Waals surface area contributed by atoms with Gasteiger partial charge in [-0.25, -0.2) is 12.4 Å². The van der Waals surface area contributed by atoms with E-state index in [4.69, 9.17) is 0 Å². The summed E-state index contributed by atoms with van der Waals surface area (Å²) in [5, 5.41) is 0.645. The molecule has 8 heteroatoms. The lowest BCUT2D eigenvalue weighted by molar-refractivity contribution is -0.114. The van der Waals surface area contributed by atoms with E-state index < -0.39 is 34.2 Å². The van der Waals surface area contributed by atoms with Crippen LogP contribution >= 0.6 is 0 Å². The Balaban J connectivity index is 1.44. The van der Waals surface area contributed by atoms with Crippen LogP contribution in [0.1, 0.15) is 26.3 Å². The molecule has 7 nitrogen and oxygen atoms in total. The lowest BCUT2D eigenvalue weighted by atomic mass is 10.1. The number of benzene rings is 3. The maximum atomic E-state index is 13.2. The number of hydrogen-bond donors (Lipinski definition) is 0. The number of nitrogens with zero attached hydrogens (tertiary/aromatic N) is 2. The van der Waals surface area contributed by atoms with E-state index in [1.807, 2.05) is 0 Å². The summed E-state index contributed by atoms with van der Waals surface area (Å²) in [7, 11) is -3.85. The zero-order chi connectivity index (χ0) is 23.9. The predicted molar refractivity (Wildman–Crippen MR) is 127 cm³/mol. The Morgan fingerprint density at radius 2 is 1.38 bits per heavy atom. The molecule has 3 aromatic carbocycles. The van der Waals surface area contributed by atoms with E-state index in [0.29, 0.717) is 16.5 Å². The number of para-hydroxylation sites is 1. The van der Waals surface area contributed by atoms with Gasteiger partial charge in [0.25, 0.3) is 21.8 Å². The van der Waals surface area contributed by atoms with Gasteiger partial charge in [0.1, 0.15) is 0 Å². The van der Waals surface area contributed by atoms with Crippen LogP contribution in [-0.2, 0) is 14.8 Å². The highest BCUT2D eigenvalue weighted by molar-refractivity contribution is 7.90. The van der Waals surface area contributed by atoms with Crippen LogP contribution in [0.25, 0.3) is 17.0 Å². The van der Waals surface area contributed by atoms with Crippen molar-refractivity contribution in [2.75, 3.05) is 6.54 Å². The maximum absolute atomic E-state index is 13.2. The fraction of sp³-hybridized carbons (Fsp3) is 0.0385. The zero-order valence-corrected chi connectivity index (χ0v) is 18.6. The fourth-order valence-electron chi connectivity index (χ4n) is 3.99. The molecule has 0 radical (unpaired) electrons. The van der Waals surface area contributed by atoms with Gasteiger partial charge in [-0.15, -0.1) is 0 Å². The highest BCUT2D eigenvalue weighted by atomic mass is 32.2. The Hall–Kier alpha value is -4.30. The molecule has 0 spiro atoms. The molecule has 0 saturated carbocycles. The molecule has 0 saturated heterocycles. The summed E-state index contributed by atoms with van der Waals surface area (Å²) >= 11 is 0. The molecule has 2 amide bonds. The Labute approximate surface area is 195 Å². The second-order valence-corrected chi connectivity index (χ2v) is 9.57. The van der Waals surface area contributed by atoms with Crippen molar-refractivity contribution in [2.24, 2.45) is 0 Å². The molecule has 1 aliphatic heterocycles. The van der Waals surface area contributed by atoms with Crippen molar-refractivity contribution in [1.29, 1.82) is 0 Å². The lowest BCUT2D eigenvalue weighted by Crippen LogP contribution is -2.34. The Kier molecular flexibility index (Phi) is 5.22. The van der Waals surface area contributed by atoms with E-state index in [0.717, 1.165) is 4.90 Å². The Bertz CT molecular complexity index is 1570. The molecule has 34 heavy (non-hydrogen) atoms. The van der Waals surface area contributed by atoms with Gasteiger partial charge in [0.2, 0.25) is 0 Å². The lowest BCUT2D eigenvalue weighted by Gasteiger charge is -2.10. The van der Waals surface area contributed by atoms with Crippen molar-refractivity contribution in [3.05, 3.63) is 108 Å². The van der Waals surface area contributed by atoms with Gasteiger partial charge < -0.3 is 0 Å². The molecule has 1 aliphatic rings. The van der Waals surface area contributed by atoms with E-state index in [1.165, 1.54) is 34.5 Å². The average molecular weight is 471 g/mol. The molecule has 0 bridgehead atoms. The van der Waals surface area contributed by atoms with E-state index in [2.05, 4.69) is 0 Å². The van der Waals surface area contributed by atoms with Crippen LogP contribution < -0.4 is 0 Å². The van der Waals surface area contributed by atoms with E-state index in [-0.39, 0.29) is 16.0 Å². The van der Waals surface area contributed by atoms with Crippen molar-refractivity contribution in [2.45, 2.75) is 4.90 Å². The summed E-state index contributed by atoms with van der Waals surface area (Å²) < 4.78 is 27.6. The number of imide groups is 1.